The number of oxazole rings is 1. The standard InChI is InChI=1S/C23H25F4N5O2S/c1-13-19(34-12-28-13)20-29-30-21(31(20)2)35-8-4-7-32-10-14-9-22(14,11-32)15-5-6-16(33-3)17(18(15)24)23(25,26)27/h5-6,12,14H,4,7-11H2,1-3H3/t14-,22-/m1/s1. The van der Waals surface area contributed by atoms with Gasteiger partial charge >= 0.3 is 6.18 Å². The number of halogens is 4. The number of aryl methyl sites for hydroxylation is 1. The van der Waals surface area contributed by atoms with Gasteiger partial charge in [0.05, 0.1) is 12.8 Å². The minimum Gasteiger partial charge on any atom is -0.496 e. The third kappa shape index (κ3) is 4.20. The van der Waals surface area contributed by atoms with Crippen molar-refractivity contribution >= 4 is 11.8 Å². The zero-order chi connectivity index (χ0) is 25.0. The van der Waals surface area contributed by atoms with E-state index < -0.39 is 28.7 Å². The summed E-state index contributed by atoms with van der Waals surface area (Å²) >= 11 is 1.57. The Balaban J connectivity index is 1.19. The van der Waals surface area contributed by atoms with E-state index in [0.29, 0.717) is 24.6 Å². The number of alkyl halides is 3. The summed E-state index contributed by atoms with van der Waals surface area (Å²) in [6.07, 6.45) is -1.87. The molecule has 1 aliphatic carbocycles. The van der Waals surface area contributed by atoms with Crippen LogP contribution in [0.2, 0.25) is 0 Å². The Hall–Kier alpha value is -2.60. The molecule has 12 heteroatoms. The minimum absolute atomic E-state index is 0.154. The second-order valence-electron chi connectivity index (χ2n) is 9.13. The molecule has 7 nitrogen and oxygen atoms in total. The quantitative estimate of drug-likeness (QED) is 0.247. The number of thioether (sulfide) groups is 1. The Kier molecular flexibility index (Phi) is 6.07. The molecule has 5 rings (SSSR count). The van der Waals surface area contributed by atoms with Gasteiger partial charge in [-0.05, 0) is 43.9 Å². The first-order valence-electron chi connectivity index (χ1n) is 11.2. The van der Waals surface area contributed by atoms with Crippen molar-refractivity contribution in [3.05, 3.63) is 41.2 Å². The number of hydrogen-bond acceptors (Lipinski definition) is 7. The highest BCUT2D eigenvalue weighted by molar-refractivity contribution is 7.99. The highest BCUT2D eigenvalue weighted by atomic mass is 32.2. The Morgan fingerprint density at radius 2 is 2.09 bits per heavy atom. The molecule has 0 bridgehead atoms. The van der Waals surface area contributed by atoms with E-state index in [2.05, 4.69) is 20.1 Å². The third-order valence-corrected chi connectivity index (χ3v) is 8.10. The maximum absolute atomic E-state index is 15.1. The lowest BCUT2D eigenvalue weighted by molar-refractivity contribution is -0.141. The van der Waals surface area contributed by atoms with Gasteiger partial charge in [0.15, 0.2) is 17.3 Å². The number of fused-ring (bicyclic) bond motifs is 1. The molecule has 1 aliphatic heterocycles. The number of benzene rings is 1. The highest BCUT2D eigenvalue weighted by Gasteiger charge is 2.62. The number of hydrogen-bond donors (Lipinski definition) is 0. The van der Waals surface area contributed by atoms with Crippen LogP contribution in [0.25, 0.3) is 11.6 Å². The SMILES string of the molecule is COc1ccc([C@@]23C[C@@H]2CN(CCCSc2nnc(-c4ocnc4C)n2C)C3)c(F)c1C(F)(F)F. The van der Waals surface area contributed by atoms with Gasteiger partial charge < -0.3 is 18.6 Å². The predicted octanol–water partition coefficient (Wildman–Crippen LogP) is 4.70. The van der Waals surface area contributed by atoms with Crippen LogP contribution in [0.4, 0.5) is 17.6 Å². The summed E-state index contributed by atoms with van der Waals surface area (Å²) in [5.74, 6) is 0.494. The van der Waals surface area contributed by atoms with Crippen LogP contribution >= 0.6 is 11.8 Å². The Morgan fingerprint density at radius 3 is 2.77 bits per heavy atom. The van der Waals surface area contributed by atoms with Gasteiger partial charge in [0.25, 0.3) is 0 Å². The molecule has 188 valence electrons. The second-order valence-corrected chi connectivity index (χ2v) is 10.2. The third-order valence-electron chi connectivity index (χ3n) is 6.99. The predicted molar refractivity (Wildman–Crippen MR) is 121 cm³/mol. The lowest BCUT2D eigenvalue weighted by atomic mass is 9.92. The zero-order valence-corrected chi connectivity index (χ0v) is 20.3. The monoisotopic (exact) mass is 511 g/mol. The fraction of sp³-hybridized carbons (Fsp3) is 0.522. The lowest BCUT2D eigenvalue weighted by Gasteiger charge is -2.23. The van der Waals surface area contributed by atoms with Crippen LogP contribution in [0.1, 0.15) is 29.7 Å². The van der Waals surface area contributed by atoms with E-state index in [0.717, 1.165) is 43.2 Å². The molecule has 1 saturated carbocycles. The van der Waals surface area contributed by atoms with Crippen molar-refractivity contribution in [1.82, 2.24) is 24.6 Å². The first-order chi connectivity index (χ1) is 16.7. The van der Waals surface area contributed by atoms with E-state index >= 15 is 4.39 Å². The summed E-state index contributed by atoms with van der Waals surface area (Å²) in [6.45, 7) is 3.94. The van der Waals surface area contributed by atoms with Crippen LogP contribution in [0.15, 0.2) is 28.1 Å². The number of aromatic nitrogens is 4. The van der Waals surface area contributed by atoms with Crippen LogP contribution in [0, 0.1) is 18.7 Å². The number of ether oxygens (including phenoxy) is 1. The van der Waals surface area contributed by atoms with E-state index in [1.807, 2.05) is 18.5 Å². The number of rotatable bonds is 8. The van der Waals surface area contributed by atoms with Crippen molar-refractivity contribution in [2.45, 2.75) is 36.5 Å². The maximum Gasteiger partial charge on any atom is 0.422 e. The van der Waals surface area contributed by atoms with Crippen molar-refractivity contribution in [3.63, 3.8) is 0 Å². The number of likely N-dealkylation sites (tertiary alicyclic amines) is 1. The molecular weight excluding hydrogens is 486 g/mol. The normalized spacial score (nSPS) is 22.0. The molecule has 3 aromatic rings. The smallest absolute Gasteiger partial charge is 0.422 e. The van der Waals surface area contributed by atoms with Gasteiger partial charge in [-0.1, -0.05) is 17.8 Å². The summed E-state index contributed by atoms with van der Waals surface area (Å²) in [7, 11) is 2.99. The summed E-state index contributed by atoms with van der Waals surface area (Å²) < 4.78 is 67.6. The van der Waals surface area contributed by atoms with Gasteiger partial charge in [0.1, 0.15) is 17.1 Å². The summed E-state index contributed by atoms with van der Waals surface area (Å²) in [5, 5.41) is 9.20. The summed E-state index contributed by atoms with van der Waals surface area (Å²) in [6, 6.07) is 2.70. The summed E-state index contributed by atoms with van der Waals surface area (Å²) in [5.41, 5.74) is -0.955. The van der Waals surface area contributed by atoms with Gasteiger partial charge in [-0.25, -0.2) is 9.37 Å². The topological polar surface area (TPSA) is 69.2 Å². The molecule has 0 radical (unpaired) electrons. The summed E-state index contributed by atoms with van der Waals surface area (Å²) in [4.78, 5) is 6.30. The van der Waals surface area contributed by atoms with Crippen molar-refractivity contribution < 1.29 is 26.7 Å². The molecule has 0 spiro atoms. The van der Waals surface area contributed by atoms with E-state index in [1.54, 1.807) is 11.8 Å². The van der Waals surface area contributed by atoms with Gasteiger partial charge in [-0.3, -0.25) is 0 Å². The molecule has 2 aliphatic rings. The lowest BCUT2D eigenvalue weighted by Crippen LogP contribution is -2.28. The van der Waals surface area contributed by atoms with Gasteiger partial charge in [-0.2, -0.15) is 13.2 Å². The Labute approximate surface area is 203 Å². The Bertz CT molecular complexity index is 1240. The van der Waals surface area contributed by atoms with Crippen LogP contribution < -0.4 is 4.74 Å². The molecule has 35 heavy (non-hydrogen) atoms. The molecule has 0 N–H and O–H groups in total. The second kappa shape index (κ2) is 8.81. The molecule has 0 unspecified atom stereocenters. The molecule has 2 atom stereocenters. The Morgan fingerprint density at radius 1 is 1.29 bits per heavy atom. The van der Waals surface area contributed by atoms with Crippen molar-refractivity contribution in [3.8, 4) is 17.3 Å². The molecule has 1 aromatic carbocycles. The molecule has 1 saturated heterocycles. The molecule has 0 amide bonds. The van der Waals surface area contributed by atoms with Gasteiger partial charge in [0, 0.05) is 31.3 Å². The average Bonchev–Trinajstić information content (AvgIpc) is 3.09. The molecular formula is C23H25F4N5O2S. The van der Waals surface area contributed by atoms with Gasteiger partial charge in [-0.15, -0.1) is 10.2 Å². The molecule has 3 heterocycles. The fourth-order valence-electron chi connectivity index (χ4n) is 5.16. The molecule has 2 fully saturated rings. The number of piperidine rings is 1. The average molecular weight is 512 g/mol. The fourth-order valence-corrected chi connectivity index (χ4v) is 5.99. The van der Waals surface area contributed by atoms with E-state index in [-0.39, 0.29) is 11.5 Å². The maximum atomic E-state index is 15.1. The largest absolute Gasteiger partial charge is 0.496 e. The van der Waals surface area contributed by atoms with Crippen LogP contribution in [-0.2, 0) is 18.6 Å². The van der Waals surface area contributed by atoms with Crippen molar-refractivity contribution in [2.75, 3.05) is 32.5 Å². The van der Waals surface area contributed by atoms with E-state index in [4.69, 9.17) is 9.15 Å². The van der Waals surface area contributed by atoms with Crippen LogP contribution in [0.3, 0.4) is 0 Å². The molecule has 2 aromatic heterocycles. The first kappa shape index (κ1) is 24.1. The first-order valence-corrected chi connectivity index (χ1v) is 12.2. The van der Waals surface area contributed by atoms with Crippen LogP contribution in [-0.4, -0.2) is 57.1 Å². The van der Waals surface area contributed by atoms with Crippen molar-refractivity contribution in [1.29, 1.82) is 0 Å². The van der Waals surface area contributed by atoms with Crippen LogP contribution in [0.5, 0.6) is 5.75 Å². The van der Waals surface area contributed by atoms with Gasteiger partial charge in [0.2, 0.25) is 5.82 Å². The highest BCUT2D eigenvalue weighted by Crippen LogP contribution is 2.60. The van der Waals surface area contributed by atoms with E-state index in [9.17, 15) is 13.2 Å². The van der Waals surface area contributed by atoms with Crippen molar-refractivity contribution in [2.24, 2.45) is 13.0 Å². The number of nitrogens with zero attached hydrogens (tertiary/aromatic N) is 5. The minimum atomic E-state index is -4.81. The zero-order valence-electron chi connectivity index (χ0n) is 19.5. The number of methoxy groups -OCH3 is 1. The van der Waals surface area contributed by atoms with E-state index in [1.165, 1.54) is 18.5 Å².